The van der Waals surface area contributed by atoms with Gasteiger partial charge in [-0.25, -0.2) is 9.97 Å². The quantitative estimate of drug-likeness (QED) is 0.388. The molecule has 0 saturated carbocycles. The molecule has 0 aliphatic heterocycles. The van der Waals surface area contributed by atoms with Gasteiger partial charge in [0.25, 0.3) is 5.91 Å². The molecule has 0 radical (unpaired) electrons. The maximum absolute atomic E-state index is 12.8. The smallest absolute Gasteiger partial charge is 0.265 e. The second-order valence-electron chi connectivity index (χ2n) is 8.92. The predicted octanol–water partition coefficient (Wildman–Crippen LogP) is 6.37. The van der Waals surface area contributed by atoms with Gasteiger partial charge in [-0.05, 0) is 67.3 Å². The fraction of sp³-hybridized carbons (Fsp3) is 0.269. The molecule has 0 aliphatic rings. The molecule has 1 amide bonds. The Labute approximate surface area is 192 Å². The number of benzene rings is 2. The van der Waals surface area contributed by atoms with E-state index in [0.29, 0.717) is 5.69 Å². The molecule has 1 atom stereocenters. The zero-order valence-corrected chi connectivity index (χ0v) is 19.8. The molecule has 0 spiro atoms. The highest BCUT2D eigenvalue weighted by Crippen LogP contribution is 2.33. The van der Waals surface area contributed by atoms with Crippen LogP contribution in [-0.2, 0) is 10.2 Å². The monoisotopic (exact) mass is 445 g/mol. The number of aromatic nitrogens is 2. The Hall–Kier alpha value is -3.25. The molecular formula is C26H27N3O2S. The summed E-state index contributed by atoms with van der Waals surface area (Å²) < 4.78 is 6.06. The predicted molar refractivity (Wildman–Crippen MR) is 131 cm³/mol. The molecule has 0 aliphatic carbocycles. The van der Waals surface area contributed by atoms with Gasteiger partial charge in [0.15, 0.2) is 6.10 Å². The van der Waals surface area contributed by atoms with Crippen molar-refractivity contribution >= 4 is 33.3 Å². The second-order valence-corrected chi connectivity index (χ2v) is 9.90. The number of ether oxygens (including phenoxy) is 1. The molecule has 0 bridgehead atoms. The molecule has 1 unspecified atom stereocenters. The normalized spacial score (nSPS) is 12.5. The Bertz CT molecular complexity index is 1220. The van der Waals surface area contributed by atoms with Gasteiger partial charge < -0.3 is 10.1 Å². The summed E-state index contributed by atoms with van der Waals surface area (Å²) in [7, 11) is 0. The third-order valence-electron chi connectivity index (χ3n) is 5.18. The number of amides is 1. The van der Waals surface area contributed by atoms with Gasteiger partial charge in [-0.1, -0.05) is 49.8 Å². The number of hydrogen-bond acceptors (Lipinski definition) is 5. The summed E-state index contributed by atoms with van der Waals surface area (Å²) in [4.78, 5) is 22.7. The summed E-state index contributed by atoms with van der Waals surface area (Å²) in [6.07, 6.45) is 1.14. The van der Waals surface area contributed by atoms with Crippen molar-refractivity contribution in [3.8, 4) is 16.3 Å². The lowest BCUT2D eigenvalue weighted by atomic mass is 9.85. The lowest BCUT2D eigenvalue weighted by Crippen LogP contribution is -2.31. The third-order valence-corrected chi connectivity index (χ3v) is 6.21. The second kappa shape index (κ2) is 8.71. The van der Waals surface area contributed by atoms with Crippen molar-refractivity contribution in [2.75, 3.05) is 5.32 Å². The van der Waals surface area contributed by atoms with Crippen LogP contribution in [0.15, 0.2) is 60.8 Å². The number of thiazole rings is 1. The number of rotatable bonds is 5. The number of carbonyl (C=O) groups is 1. The highest BCUT2D eigenvalue weighted by atomic mass is 32.1. The van der Waals surface area contributed by atoms with E-state index in [0.717, 1.165) is 32.2 Å². The van der Waals surface area contributed by atoms with Crippen molar-refractivity contribution in [2.24, 2.45) is 0 Å². The van der Waals surface area contributed by atoms with Crippen LogP contribution in [0.25, 0.3) is 20.9 Å². The molecule has 2 aromatic carbocycles. The van der Waals surface area contributed by atoms with Crippen LogP contribution in [0.3, 0.4) is 0 Å². The molecule has 1 N–H and O–H groups in total. The van der Waals surface area contributed by atoms with Gasteiger partial charge in [-0.3, -0.25) is 4.79 Å². The van der Waals surface area contributed by atoms with Crippen LogP contribution in [0.5, 0.6) is 5.75 Å². The van der Waals surface area contributed by atoms with Gasteiger partial charge >= 0.3 is 0 Å². The van der Waals surface area contributed by atoms with Crippen molar-refractivity contribution in [3.63, 3.8) is 0 Å². The number of anilines is 1. The highest BCUT2D eigenvalue weighted by Gasteiger charge is 2.22. The summed E-state index contributed by atoms with van der Waals surface area (Å²) in [5.41, 5.74) is 4.78. The first-order chi connectivity index (χ1) is 15.2. The van der Waals surface area contributed by atoms with E-state index in [1.165, 1.54) is 5.56 Å². The summed E-state index contributed by atoms with van der Waals surface area (Å²) in [5.74, 6) is 0.549. The van der Waals surface area contributed by atoms with E-state index in [9.17, 15) is 4.79 Å². The lowest BCUT2D eigenvalue weighted by molar-refractivity contribution is -0.122. The SMILES string of the molecule is Cc1ccc(OC(C)C(=O)Nc2ccc(-c3nc4cccnc4s3)cc2)c(C(C)(C)C)c1. The van der Waals surface area contributed by atoms with Crippen molar-refractivity contribution in [2.45, 2.75) is 46.1 Å². The Morgan fingerprint density at radius 2 is 1.84 bits per heavy atom. The van der Waals surface area contributed by atoms with E-state index in [4.69, 9.17) is 4.74 Å². The van der Waals surface area contributed by atoms with Crippen LogP contribution in [0.2, 0.25) is 0 Å². The lowest BCUT2D eigenvalue weighted by Gasteiger charge is -2.25. The standard InChI is InChI=1S/C26H27N3O2S/c1-16-8-13-22(20(15-16)26(3,4)5)31-17(2)23(30)28-19-11-9-18(10-12-19)24-29-21-7-6-14-27-25(21)32-24/h6-15,17H,1-5H3,(H,28,30). The molecule has 2 aromatic heterocycles. The van der Waals surface area contributed by atoms with Crippen LogP contribution in [0, 0.1) is 6.92 Å². The average molecular weight is 446 g/mol. The first-order valence-electron chi connectivity index (χ1n) is 10.6. The number of aryl methyl sites for hydroxylation is 1. The summed E-state index contributed by atoms with van der Waals surface area (Å²) in [6, 6.07) is 17.6. The first kappa shape index (κ1) is 22.0. The topological polar surface area (TPSA) is 64.1 Å². The van der Waals surface area contributed by atoms with Crippen molar-refractivity contribution in [1.29, 1.82) is 0 Å². The molecule has 32 heavy (non-hydrogen) atoms. The maximum atomic E-state index is 12.8. The van der Waals surface area contributed by atoms with Crippen molar-refractivity contribution < 1.29 is 9.53 Å². The molecule has 6 heteroatoms. The van der Waals surface area contributed by atoms with Gasteiger partial charge in [0.2, 0.25) is 0 Å². The summed E-state index contributed by atoms with van der Waals surface area (Å²) >= 11 is 1.55. The van der Waals surface area contributed by atoms with Crippen LogP contribution in [0.1, 0.15) is 38.8 Å². The van der Waals surface area contributed by atoms with Crippen molar-refractivity contribution in [3.05, 3.63) is 71.9 Å². The molecule has 4 aromatic rings. The van der Waals surface area contributed by atoms with E-state index in [1.807, 2.05) is 48.5 Å². The van der Waals surface area contributed by atoms with E-state index in [2.05, 4.69) is 49.0 Å². The van der Waals surface area contributed by atoms with Crippen LogP contribution >= 0.6 is 11.3 Å². The first-order valence-corrected chi connectivity index (χ1v) is 11.4. The van der Waals surface area contributed by atoms with Gasteiger partial charge in [0, 0.05) is 17.4 Å². The van der Waals surface area contributed by atoms with Crippen LogP contribution in [0.4, 0.5) is 5.69 Å². The van der Waals surface area contributed by atoms with E-state index < -0.39 is 6.10 Å². The number of hydrogen-bond donors (Lipinski definition) is 1. The molecule has 2 heterocycles. The number of nitrogens with one attached hydrogen (secondary N) is 1. The largest absolute Gasteiger partial charge is 0.481 e. The minimum atomic E-state index is -0.631. The van der Waals surface area contributed by atoms with E-state index in [1.54, 1.807) is 24.5 Å². The molecule has 0 saturated heterocycles. The Balaban J connectivity index is 1.45. The molecular weight excluding hydrogens is 418 g/mol. The number of fused-ring (bicyclic) bond motifs is 1. The zero-order valence-electron chi connectivity index (χ0n) is 19.0. The molecule has 0 fully saturated rings. The minimum absolute atomic E-state index is 0.0798. The zero-order chi connectivity index (χ0) is 22.9. The van der Waals surface area contributed by atoms with Crippen molar-refractivity contribution in [1.82, 2.24) is 9.97 Å². The van der Waals surface area contributed by atoms with Gasteiger partial charge in [0.1, 0.15) is 21.1 Å². The van der Waals surface area contributed by atoms with Gasteiger partial charge in [-0.2, -0.15) is 0 Å². The van der Waals surface area contributed by atoms with Gasteiger partial charge in [-0.15, -0.1) is 0 Å². The van der Waals surface area contributed by atoms with Crippen LogP contribution in [-0.4, -0.2) is 22.0 Å². The minimum Gasteiger partial charge on any atom is -0.481 e. The number of carbonyl (C=O) groups excluding carboxylic acids is 1. The number of pyridine rings is 1. The van der Waals surface area contributed by atoms with E-state index in [-0.39, 0.29) is 11.3 Å². The fourth-order valence-corrected chi connectivity index (χ4v) is 4.32. The third kappa shape index (κ3) is 4.81. The Morgan fingerprint density at radius 1 is 1.09 bits per heavy atom. The fourth-order valence-electron chi connectivity index (χ4n) is 3.41. The Kier molecular flexibility index (Phi) is 5.98. The van der Waals surface area contributed by atoms with Gasteiger partial charge in [0.05, 0.1) is 0 Å². The van der Waals surface area contributed by atoms with Crippen LogP contribution < -0.4 is 10.1 Å². The molecule has 164 valence electrons. The summed E-state index contributed by atoms with van der Waals surface area (Å²) in [5, 5.41) is 3.85. The van der Waals surface area contributed by atoms with E-state index >= 15 is 0 Å². The maximum Gasteiger partial charge on any atom is 0.265 e. The highest BCUT2D eigenvalue weighted by molar-refractivity contribution is 7.21. The molecule has 4 rings (SSSR count). The average Bonchev–Trinajstić information content (AvgIpc) is 3.19. The Morgan fingerprint density at radius 3 is 2.53 bits per heavy atom. The molecule has 5 nitrogen and oxygen atoms in total. The summed E-state index contributed by atoms with van der Waals surface area (Å²) in [6.45, 7) is 10.3. The number of nitrogens with zero attached hydrogens (tertiary/aromatic N) is 2.